The maximum Gasteiger partial charge on any atom is 0.242 e. The van der Waals surface area contributed by atoms with Gasteiger partial charge >= 0.3 is 0 Å². The number of thiophene rings is 1. The van der Waals surface area contributed by atoms with Crippen LogP contribution in [0.25, 0.3) is 0 Å². The number of hydrogen-bond donors (Lipinski definition) is 2. The van der Waals surface area contributed by atoms with Gasteiger partial charge in [0.15, 0.2) is 5.76 Å². The molecule has 2 aromatic heterocycles. The summed E-state index contributed by atoms with van der Waals surface area (Å²) in [6, 6.07) is 4.86. The second-order valence-electron chi connectivity index (χ2n) is 3.65. The van der Waals surface area contributed by atoms with E-state index >= 15 is 0 Å². The average molecular weight is 251 g/mol. The van der Waals surface area contributed by atoms with Crippen molar-refractivity contribution in [1.29, 1.82) is 0 Å². The number of carbonyl (C=O) groups excluding carboxylic acids is 1. The van der Waals surface area contributed by atoms with Crippen molar-refractivity contribution in [3.63, 3.8) is 0 Å². The topological polar surface area (TPSA) is 81.2 Å². The number of carbonyl (C=O) groups is 1. The number of aromatic nitrogens is 1. The summed E-state index contributed by atoms with van der Waals surface area (Å²) in [5.41, 5.74) is 6.59. The van der Waals surface area contributed by atoms with Crippen LogP contribution in [0.5, 0.6) is 0 Å². The van der Waals surface area contributed by atoms with Crippen LogP contribution in [0, 0.1) is 6.92 Å². The van der Waals surface area contributed by atoms with Crippen molar-refractivity contribution in [3.05, 3.63) is 39.9 Å². The minimum absolute atomic E-state index is 0.221. The maximum atomic E-state index is 11.7. The van der Waals surface area contributed by atoms with Crippen molar-refractivity contribution in [2.45, 2.75) is 19.5 Å². The molecule has 0 bridgehead atoms. The molecule has 0 radical (unpaired) electrons. The van der Waals surface area contributed by atoms with Gasteiger partial charge in [-0.25, -0.2) is 0 Å². The molecular weight excluding hydrogens is 238 g/mol. The lowest BCUT2D eigenvalue weighted by Crippen LogP contribution is -2.33. The molecule has 0 aliphatic heterocycles. The largest absolute Gasteiger partial charge is 0.359 e. The molecule has 1 amide bonds. The molecule has 0 aliphatic carbocycles. The molecule has 2 aromatic rings. The molecule has 0 aliphatic rings. The second kappa shape index (κ2) is 5.11. The number of nitrogens with two attached hydrogens (primary N) is 1. The molecule has 0 fully saturated rings. The number of nitrogens with one attached hydrogen (secondary N) is 1. The summed E-state index contributed by atoms with van der Waals surface area (Å²) in [6.07, 6.45) is 0. The highest BCUT2D eigenvalue weighted by molar-refractivity contribution is 7.10. The van der Waals surface area contributed by atoms with E-state index in [-0.39, 0.29) is 5.91 Å². The molecule has 2 rings (SSSR count). The van der Waals surface area contributed by atoms with E-state index in [2.05, 4.69) is 10.5 Å². The van der Waals surface area contributed by atoms with Gasteiger partial charge in [-0.2, -0.15) is 0 Å². The third-order valence-corrected chi connectivity index (χ3v) is 3.20. The Balaban J connectivity index is 1.89. The zero-order valence-electron chi connectivity index (χ0n) is 9.34. The van der Waals surface area contributed by atoms with Crippen molar-refractivity contribution >= 4 is 17.2 Å². The molecule has 5 nitrogen and oxygen atoms in total. The number of rotatable bonds is 4. The van der Waals surface area contributed by atoms with E-state index in [1.54, 1.807) is 6.07 Å². The zero-order valence-corrected chi connectivity index (χ0v) is 10.2. The normalized spacial score (nSPS) is 12.4. The van der Waals surface area contributed by atoms with Crippen LogP contribution in [0.3, 0.4) is 0 Å². The third-order valence-electron chi connectivity index (χ3n) is 2.25. The van der Waals surface area contributed by atoms with Crippen LogP contribution < -0.4 is 11.1 Å². The fourth-order valence-electron chi connectivity index (χ4n) is 1.38. The Bertz CT molecular complexity index is 493. The molecule has 90 valence electrons. The molecule has 0 spiro atoms. The van der Waals surface area contributed by atoms with Gasteiger partial charge in [0.1, 0.15) is 6.04 Å². The van der Waals surface area contributed by atoms with Crippen LogP contribution in [0.4, 0.5) is 0 Å². The van der Waals surface area contributed by atoms with Crippen molar-refractivity contribution in [2.75, 3.05) is 0 Å². The number of aryl methyl sites for hydroxylation is 1. The SMILES string of the molecule is Cc1cc(CNC(=O)C(N)c2cccs2)on1. The highest BCUT2D eigenvalue weighted by atomic mass is 32.1. The molecule has 2 heterocycles. The van der Waals surface area contributed by atoms with Gasteiger partial charge < -0.3 is 15.6 Å². The van der Waals surface area contributed by atoms with Gasteiger partial charge in [-0.1, -0.05) is 11.2 Å². The van der Waals surface area contributed by atoms with Crippen molar-refractivity contribution < 1.29 is 9.32 Å². The minimum atomic E-state index is -0.626. The monoisotopic (exact) mass is 251 g/mol. The second-order valence-corrected chi connectivity index (χ2v) is 4.62. The van der Waals surface area contributed by atoms with E-state index < -0.39 is 6.04 Å². The predicted octanol–water partition coefficient (Wildman–Crippen LogP) is 1.36. The summed E-state index contributed by atoms with van der Waals surface area (Å²) < 4.78 is 4.98. The summed E-state index contributed by atoms with van der Waals surface area (Å²) in [5.74, 6) is 0.399. The van der Waals surface area contributed by atoms with E-state index in [1.165, 1.54) is 11.3 Å². The number of nitrogens with zero attached hydrogens (tertiary/aromatic N) is 1. The summed E-state index contributed by atoms with van der Waals surface area (Å²) >= 11 is 1.46. The molecule has 1 atom stereocenters. The first kappa shape index (κ1) is 11.8. The van der Waals surface area contributed by atoms with Crippen LogP contribution in [0.1, 0.15) is 22.4 Å². The Kier molecular flexibility index (Phi) is 3.55. The first-order valence-electron chi connectivity index (χ1n) is 5.15. The Hall–Kier alpha value is -1.66. The van der Waals surface area contributed by atoms with E-state index in [0.29, 0.717) is 12.3 Å². The third kappa shape index (κ3) is 2.92. The van der Waals surface area contributed by atoms with Gasteiger partial charge in [-0.15, -0.1) is 11.3 Å². The highest BCUT2D eigenvalue weighted by Crippen LogP contribution is 2.16. The molecular formula is C11H13N3O2S. The molecule has 0 aromatic carbocycles. The van der Waals surface area contributed by atoms with Crippen LogP contribution in [-0.4, -0.2) is 11.1 Å². The Morgan fingerprint density at radius 3 is 3.12 bits per heavy atom. The van der Waals surface area contributed by atoms with Crippen LogP contribution >= 0.6 is 11.3 Å². The first-order valence-corrected chi connectivity index (χ1v) is 6.03. The summed E-state index contributed by atoms with van der Waals surface area (Å²) in [7, 11) is 0. The molecule has 6 heteroatoms. The number of hydrogen-bond acceptors (Lipinski definition) is 5. The van der Waals surface area contributed by atoms with Gasteiger partial charge in [-0.3, -0.25) is 4.79 Å². The summed E-state index contributed by atoms with van der Waals surface area (Å²) in [5, 5.41) is 8.33. The first-order chi connectivity index (χ1) is 8.16. The Morgan fingerprint density at radius 2 is 2.53 bits per heavy atom. The van der Waals surface area contributed by atoms with E-state index in [1.807, 2.05) is 24.4 Å². The molecule has 3 N–H and O–H groups in total. The van der Waals surface area contributed by atoms with Gasteiger partial charge in [0.2, 0.25) is 5.91 Å². The Morgan fingerprint density at radius 1 is 1.71 bits per heavy atom. The summed E-state index contributed by atoms with van der Waals surface area (Å²) in [4.78, 5) is 12.6. The van der Waals surface area contributed by atoms with E-state index in [9.17, 15) is 4.79 Å². The average Bonchev–Trinajstić information content (AvgIpc) is 2.95. The zero-order chi connectivity index (χ0) is 12.3. The predicted molar refractivity (Wildman–Crippen MR) is 64.3 cm³/mol. The van der Waals surface area contributed by atoms with Crippen molar-refractivity contribution in [2.24, 2.45) is 5.73 Å². The molecule has 1 unspecified atom stereocenters. The smallest absolute Gasteiger partial charge is 0.242 e. The maximum absolute atomic E-state index is 11.7. The highest BCUT2D eigenvalue weighted by Gasteiger charge is 2.16. The summed E-state index contributed by atoms with van der Waals surface area (Å²) in [6.45, 7) is 2.13. The fourth-order valence-corrected chi connectivity index (χ4v) is 2.11. The van der Waals surface area contributed by atoms with E-state index in [4.69, 9.17) is 10.3 Å². The van der Waals surface area contributed by atoms with Gasteiger partial charge in [0.05, 0.1) is 12.2 Å². The van der Waals surface area contributed by atoms with E-state index in [0.717, 1.165) is 10.6 Å². The lowest BCUT2D eigenvalue weighted by atomic mass is 10.2. The van der Waals surface area contributed by atoms with Crippen molar-refractivity contribution in [3.8, 4) is 0 Å². The minimum Gasteiger partial charge on any atom is -0.359 e. The quantitative estimate of drug-likeness (QED) is 0.859. The lowest BCUT2D eigenvalue weighted by Gasteiger charge is -2.09. The molecule has 0 saturated carbocycles. The van der Waals surface area contributed by atoms with Gasteiger partial charge in [-0.05, 0) is 18.4 Å². The number of amides is 1. The molecule has 0 saturated heterocycles. The molecule has 17 heavy (non-hydrogen) atoms. The fraction of sp³-hybridized carbons (Fsp3) is 0.273. The Labute approximate surface area is 103 Å². The van der Waals surface area contributed by atoms with Gasteiger partial charge in [0.25, 0.3) is 0 Å². The van der Waals surface area contributed by atoms with Crippen LogP contribution in [0.2, 0.25) is 0 Å². The van der Waals surface area contributed by atoms with Gasteiger partial charge in [0, 0.05) is 10.9 Å². The van der Waals surface area contributed by atoms with Crippen LogP contribution in [-0.2, 0) is 11.3 Å². The lowest BCUT2D eigenvalue weighted by molar-refractivity contribution is -0.122. The standard InChI is InChI=1S/C11H13N3O2S/c1-7-5-8(16-14-7)6-13-11(15)10(12)9-3-2-4-17-9/h2-5,10H,6,12H2,1H3,(H,13,15). The van der Waals surface area contributed by atoms with Crippen LogP contribution in [0.15, 0.2) is 28.1 Å². The van der Waals surface area contributed by atoms with Crippen molar-refractivity contribution in [1.82, 2.24) is 10.5 Å².